The molecule has 11 heteroatoms. The standard InChI is InChI=1S/C45H45N3O6S2/c1-4-38(43(51)48-44-40(45(52)54-6-3)36-25-22-32(27-39(36)56-44)30-14-9-7-10-15-30)55-35-19-13-18-33(28-35)46-42(50)37(47-41(49)31-16-11-8-12-17-31)26-29-20-23-34(24-21-29)53-5-2/h7-21,23-24,26,28,32,38H,4-6,22,25,27H2,1-3H3,(H,46,50)(H,47,49)(H,48,51)/b37-26+. The van der Waals surface area contributed by atoms with Gasteiger partial charge in [0.25, 0.3) is 11.8 Å². The number of thioether (sulfide) groups is 1. The van der Waals surface area contributed by atoms with Crippen LogP contribution in [0, 0.1) is 0 Å². The number of rotatable bonds is 15. The highest BCUT2D eigenvalue weighted by Crippen LogP contribution is 2.43. The van der Waals surface area contributed by atoms with Crippen molar-refractivity contribution in [3.63, 3.8) is 0 Å². The van der Waals surface area contributed by atoms with Crippen molar-refractivity contribution in [2.24, 2.45) is 0 Å². The largest absolute Gasteiger partial charge is 0.494 e. The van der Waals surface area contributed by atoms with Gasteiger partial charge in [0.2, 0.25) is 5.91 Å². The summed E-state index contributed by atoms with van der Waals surface area (Å²) in [6, 6.07) is 33.5. The summed E-state index contributed by atoms with van der Waals surface area (Å²) in [5.74, 6) is -0.543. The molecule has 3 N–H and O–H groups in total. The Morgan fingerprint density at radius 3 is 2.29 bits per heavy atom. The number of amides is 3. The Bertz CT molecular complexity index is 2180. The normalized spacial score (nSPS) is 14.2. The number of nitrogens with one attached hydrogen (secondary N) is 3. The van der Waals surface area contributed by atoms with E-state index in [0.29, 0.717) is 52.1 Å². The van der Waals surface area contributed by atoms with Crippen molar-refractivity contribution in [3.05, 3.63) is 148 Å². The molecule has 2 atom stereocenters. The molecule has 1 aliphatic rings. The second kappa shape index (κ2) is 19.3. The molecule has 1 aliphatic carbocycles. The highest BCUT2D eigenvalue weighted by Gasteiger charge is 2.32. The highest BCUT2D eigenvalue weighted by atomic mass is 32.2. The maximum absolute atomic E-state index is 13.9. The Labute approximate surface area is 335 Å². The maximum atomic E-state index is 13.9. The van der Waals surface area contributed by atoms with E-state index in [2.05, 4.69) is 28.1 Å². The number of thiophene rings is 1. The molecule has 288 valence electrons. The predicted molar refractivity (Wildman–Crippen MR) is 225 cm³/mol. The van der Waals surface area contributed by atoms with E-state index in [9.17, 15) is 19.2 Å². The molecule has 1 aromatic heterocycles. The molecule has 56 heavy (non-hydrogen) atoms. The third-order valence-electron chi connectivity index (χ3n) is 9.32. The lowest BCUT2D eigenvalue weighted by Gasteiger charge is -2.23. The third-order valence-corrected chi connectivity index (χ3v) is 11.8. The van der Waals surface area contributed by atoms with Crippen LogP contribution in [-0.2, 0) is 27.2 Å². The average molecular weight is 788 g/mol. The van der Waals surface area contributed by atoms with E-state index >= 15 is 0 Å². The summed E-state index contributed by atoms with van der Waals surface area (Å²) in [6.45, 7) is 6.38. The van der Waals surface area contributed by atoms with E-state index in [1.54, 1.807) is 67.6 Å². The zero-order valence-corrected chi connectivity index (χ0v) is 33.3. The number of carbonyl (C=O) groups is 4. The molecular formula is C45H45N3O6S2. The molecule has 0 radical (unpaired) electrons. The Hall–Kier alpha value is -5.65. The highest BCUT2D eigenvalue weighted by molar-refractivity contribution is 8.00. The number of benzene rings is 4. The van der Waals surface area contributed by atoms with E-state index in [1.165, 1.54) is 28.7 Å². The van der Waals surface area contributed by atoms with Crippen LogP contribution in [-0.4, -0.2) is 42.2 Å². The van der Waals surface area contributed by atoms with Gasteiger partial charge < -0.3 is 25.4 Å². The van der Waals surface area contributed by atoms with Gasteiger partial charge in [0, 0.05) is 21.0 Å². The molecule has 0 saturated carbocycles. The molecule has 0 aliphatic heterocycles. The minimum atomic E-state index is -0.516. The Kier molecular flexibility index (Phi) is 13.8. The van der Waals surface area contributed by atoms with E-state index < -0.39 is 23.0 Å². The van der Waals surface area contributed by atoms with Gasteiger partial charge in [-0.3, -0.25) is 14.4 Å². The molecule has 1 heterocycles. The smallest absolute Gasteiger partial charge is 0.341 e. The minimum Gasteiger partial charge on any atom is -0.494 e. The summed E-state index contributed by atoms with van der Waals surface area (Å²) < 4.78 is 11.0. The van der Waals surface area contributed by atoms with Crippen LogP contribution in [0.5, 0.6) is 5.75 Å². The number of esters is 1. The monoisotopic (exact) mass is 787 g/mol. The Morgan fingerprint density at radius 2 is 1.59 bits per heavy atom. The second-order valence-corrected chi connectivity index (χ2v) is 15.5. The first kappa shape index (κ1) is 40.0. The topological polar surface area (TPSA) is 123 Å². The van der Waals surface area contributed by atoms with Gasteiger partial charge in [-0.25, -0.2) is 4.79 Å². The van der Waals surface area contributed by atoms with Crippen LogP contribution in [0.25, 0.3) is 6.08 Å². The summed E-state index contributed by atoms with van der Waals surface area (Å²) in [5, 5.41) is 8.81. The first-order chi connectivity index (χ1) is 27.3. The van der Waals surface area contributed by atoms with E-state index in [-0.39, 0.29) is 18.2 Å². The summed E-state index contributed by atoms with van der Waals surface area (Å²) in [5.41, 5.74) is 4.35. The van der Waals surface area contributed by atoms with Gasteiger partial charge >= 0.3 is 5.97 Å². The molecular weight excluding hydrogens is 743 g/mol. The van der Waals surface area contributed by atoms with E-state index in [4.69, 9.17) is 9.47 Å². The lowest BCUT2D eigenvalue weighted by atomic mass is 9.83. The molecule has 0 saturated heterocycles. The summed E-state index contributed by atoms with van der Waals surface area (Å²) >= 11 is 2.83. The molecule has 5 aromatic rings. The van der Waals surface area contributed by atoms with E-state index in [0.717, 1.165) is 34.6 Å². The molecule has 2 unspecified atom stereocenters. The van der Waals surface area contributed by atoms with Crippen LogP contribution in [0.3, 0.4) is 0 Å². The van der Waals surface area contributed by atoms with Crippen LogP contribution in [0.4, 0.5) is 10.7 Å². The first-order valence-electron chi connectivity index (χ1n) is 18.8. The van der Waals surface area contributed by atoms with Crippen molar-refractivity contribution < 1.29 is 28.7 Å². The third kappa shape index (κ3) is 10.1. The van der Waals surface area contributed by atoms with Crippen LogP contribution >= 0.6 is 23.1 Å². The van der Waals surface area contributed by atoms with Crippen molar-refractivity contribution in [2.75, 3.05) is 23.8 Å². The van der Waals surface area contributed by atoms with Gasteiger partial charge in [0.15, 0.2) is 0 Å². The SMILES string of the molecule is CCOC(=O)c1c(NC(=O)C(CC)Sc2cccc(NC(=O)/C(=C\c3ccc(OCC)cc3)NC(=O)c3ccccc3)c2)sc2c1CCC(c1ccccc1)C2. The Balaban J connectivity index is 1.17. The maximum Gasteiger partial charge on any atom is 0.341 e. The summed E-state index contributed by atoms with van der Waals surface area (Å²) in [4.78, 5) is 55.9. The van der Waals surface area contributed by atoms with Crippen LogP contribution < -0.4 is 20.7 Å². The minimum absolute atomic E-state index is 0.0537. The van der Waals surface area contributed by atoms with Gasteiger partial charge in [-0.05, 0) is 111 Å². The fraction of sp³-hybridized carbons (Fsp3) is 0.244. The van der Waals surface area contributed by atoms with Crippen molar-refractivity contribution in [1.29, 1.82) is 0 Å². The number of anilines is 2. The van der Waals surface area contributed by atoms with Crippen molar-refractivity contribution in [2.45, 2.75) is 62.5 Å². The van der Waals surface area contributed by atoms with Crippen LogP contribution in [0.15, 0.2) is 120 Å². The van der Waals surface area contributed by atoms with Gasteiger partial charge in [-0.1, -0.05) is 73.7 Å². The lowest BCUT2D eigenvalue weighted by molar-refractivity contribution is -0.116. The number of ether oxygens (including phenoxy) is 2. The first-order valence-corrected chi connectivity index (χ1v) is 20.5. The van der Waals surface area contributed by atoms with Gasteiger partial charge in [0.05, 0.1) is 24.0 Å². The number of hydrogen-bond acceptors (Lipinski definition) is 8. The zero-order valence-electron chi connectivity index (χ0n) is 31.6. The molecule has 6 rings (SSSR count). The van der Waals surface area contributed by atoms with Gasteiger partial charge in [-0.15, -0.1) is 23.1 Å². The lowest BCUT2D eigenvalue weighted by Crippen LogP contribution is -2.30. The van der Waals surface area contributed by atoms with Crippen LogP contribution in [0.2, 0.25) is 0 Å². The van der Waals surface area contributed by atoms with E-state index in [1.807, 2.05) is 56.3 Å². The fourth-order valence-electron chi connectivity index (χ4n) is 6.56. The predicted octanol–water partition coefficient (Wildman–Crippen LogP) is 9.51. The molecule has 4 aromatic carbocycles. The van der Waals surface area contributed by atoms with Gasteiger partial charge in [-0.2, -0.15) is 0 Å². The fourth-order valence-corrected chi connectivity index (χ4v) is 8.90. The number of hydrogen-bond donors (Lipinski definition) is 3. The van der Waals surface area contributed by atoms with Crippen molar-refractivity contribution in [3.8, 4) is 5.75 Å². The quantitative estimate of drug-likeness (QED) is 0.0549. The van der Waals surface area contributed by atoms with Crippen molar-refractivity contribution in [1.82, 2.24) is 5.32 Å². The summed E-state index contributed by atoms with van der Waals surface area (Å²) in [7, 11) is 0. The zero-order chi connectivity index (χ0) is 39.4. The Morgan fingerprint density at radius 1 is 0.857 bits per heavy atom. The average Bonchev–Trinajstić information content (AvgIpc) is 3.58. The summed E-state index contributed by atoms with van der Waals surface area (Å²) in [6.07, 6.45) is 4.56. The molecule has 3 amide bonds. The molecule has 9 nitrogen and oxygen atoms in total. The molecule has 0 spiro atoms. The molecule has 0 bridgehead atoms. The number of carbonyl (C=O) groups excluding carboxylic acids is 4. The molecule has 0 fully saturated rings. The number of fused-ring (bicyclic) bond motifs is 1. The second-order valence-electron chi connectivity index (χ2n) is 13.1. The van der Waals surface area contributed by atoms with Crippen molar-refractivity contribution >= 4 is 63.6 Å². The van der Waals surface area contributed by atoms with Crippen LogP contribution in [0.1, 0.15) is 81.8 Å². The van der Waals surface area contributed by atoms with Gasteiger partial charge in [0.1, 0.15) is 16.4 Å².